The van der Waals surface area contributed by atoms with Gasteiger partial charge in [0.1, 0.15) is 0 Å². The van der Waals surface area contributed by atoms with Crippen LogP contribution in [0.1, 0.15) is 25.3 Å². The highest BCUT2D eigenvalue weighted by atomic mass is 16.5. The minimum absolute atomic E-state index is 0.669. The molecular weight excluding hydrogens is 264 g/mol. The van der Waals surface area contributed by atoms with Gasteiger partial charge in [-0.2, -0.15) is 0 Å². The van der Waals surface area contributed by atoms with Crippen LogP contribution < -0.4 is 14.8 Å². The van der Waals surface area contributed by atoms with Crippen LogP contribution >= 0.6 is 0 Å². The van der Waals surface area contributed by atoms with Crippen LogP contribution in [0.15, 0.2) is 18.2 Å². The van der Waals surface area contributed by atoms with Gasteiger partial charge in [0.25, 0.3) is 0 Å². The number of piperazine rings is 1. The van der Waals surface area contributed by atoms with E-state index in [2.05, 4.69) is 22.3 Å². The third kappa shape index (κ3) is 5.21. The van der Waals surface area contributed by atoms with Crippen molar-refractivity contribution in [3.63, 3.8) is 0 Å². The molecule has 118 valence electrons. The van der Waals surface area contributed by atoms with Crippen LogP contribution in [-0.2, 0) is 6.42 Å². The topological polar surface area (TPSA) is 33.7 Å². The molecule has 0 atom stereocenters. The van der Waals surface area contributed by atoms with Crippen LogP contribution in [-0.4, -0.2) is 51.3 Å². The average Bonchev–Trinajstić information content (AvgIpc) is 2.53. The van der Waals surface area contributed by atoms with Crippen LogP contribution in [0.2, 0.25) is 0 Å². The van der Waals surface area contributed by atoms with Crippen LogP contribution in [0.4, 0.5) is 0 Å². The molecule has 0 amide bonds. The zero-order valence-corrected chi connectivity index (χ0v) is 13.4. The van der Waals surface area contributed by atoms with Gasteiger partial charge in [-0.25, -0.2) is 0 Å². The largest absolute Gasteiger partial charge is 0.493 e. The van der Waals surface area contributed by atoms with Crippen LogP contribution in [0.3, 0.4) is 0 Å². The predicted octanol–water partition coefficient (Wildman–Crippen LogP) is 2.32. The minimum Gasteiger partial charge on any atom is -0.493 e. The lowest BCUT2D eigenvalue weighted by Gasteiger charge is -2.27. The Labute approximate surface area is 128 Å². The van der Waals surface area contributed by atoms with Crippen molar-refractivity contribution in [3.05, 3.63) is 23.8 Å². The fourth-order valence-corrected chi connectivity index (χ4v) is 2.74. The Bertz CT molecular complexity index is 417. The van der Waals surface area contributed by atoms with Crippen molar-refractivity contribution >= 4 is 0 Å². The maximum absolute atomic E-state index is 5.63. The van der Waals surface area contributed by atoms with E-state index in [-0.39, 0.29) is 0 Å². The second-order valence-electron chi connectivity index (χ2n) is 5.47. The summed E-state index contributed by atoms with van der Waals surface area (Å²) in [5.41, 5.74) is 1.33. The first-order chi connectivity index (χ1) is 10.3. The molecule has 0 aromatic heterocycles. The summed E-state index contributed by atoms with van der Waals surface area (Å²) in [6, 6.07) is 6.27. The number of hydrogen-bond acceptors (Lipinski definition) is 4. The Balaban J connectivity index is 1.75. The molecule has 0 saturated carbocycles. The fourth-order valence-electron chi connectivity index (χ4n) is 2.74. The van der Waals surface area contributed by atoms with Gasteiger partial charge in [-0.05, 0) is 50.4 Å². The molecule has 1 heterocycles. The highest BCUT2D eigenvalue weighted by Gasteiger charge is 2.09. The molecule has 21 heavy (non-hydrogen) atoms. The molecule has 1 aromatic carbocycles. The molecule has 0 aliphatic carbocycles. The van der Waals surface area contributed by atoms with Crippen molar-refractivity contribution in [2.75, 3.05) is 46.4 Å². The number of benzene rings is 1. The molecule has 1 aliphatic heterocycles. The van der Waals surface area contributed by atoms with E-state index in [4.69, 9.17) is 9.47 Å². The minimum atomic E-state index is 0.669. The van der Waals surface area contributed by atoms with Gasteiger partial charge < -0.3 is 19.7 Å². The summed E-state index contributed by atoms with van der Waals surface area (Å²) in [5, 5.41) is 3.39. The Kier molecular flexibility index (Phi) is 6.83. The average molecular weight is 292 g/mol. The maximum atomic E-state index is 5.63. The fraction of sp³-hybridized carbons (Fsp3) is 0.647. The van der Waals surface area contributed by atoms with E-state index < -0.39 is 0 Å². The summed E-state index contributed by atoms with van der Waals surface area (Å²) in [5.74, 6) is 1.68. The quantitative estimate of drug-likeness (QED) is 0.746. The van der Waals surface area contributed by atoms with Crippen molar-refractivity contribution in [1.29, 1.82) is 0 Å². The van der Waals surface area contributed by atoms with Gasteiger partial charge in [0, 0.05) is 26.2 Å². The Morgan fingerprint density at radius 1 is 1.14 bits per heavy atom. The number of nitrogens with zero attached hydrogens (tertiary/aromatic N) is 1. The smallest absolute Gasteiger partial charge is 0.161 e. The van der Waals surface area contributed by atoms with E-state index in [9.17, 15) is 0 Å². The number of rotatable bonds is 8. The second-order valence-corrected chi connectivity index (χ2v) is 5.47. The van der Waals surface area contributed by atoms with E-state index in [1.54, 1.807) is 7.11 Å². The van der Waals surface area contributed by atoms with Crippen LogP contribution in [0, 0.1) is 0 Å². The molecule has 2 rings (SSSR count). The summed E-state index contributed by atoms with van der Waals surface area (Å²) >= 11 is 0. The molecule has 0 unspecified atom stereocenters. The van der Waals surface area contributed by atoms with Crippen molar-refractivity contribution in [1.82, 2.24) is 10.2 Å². The number of unbranched alkanes of at least 4 members (excludes halogenated alkanes) is 1. The summed E-state index contributed by atoms with van der Waals surface area (Å²) < 4.78 is 11.0. The molecule has 1 aromatic rings. The zero-order chi connectivity index (χ0) is 14.9. The van der Waals surface area contributed by atoms with E-state index in [0.717, 1.165) is 31.0 Å². The van der Waals surface area contributed by atoms with Gasteiger partial charge in [0.2, 0.25) is 0 Å². The van der Waals surface area contributed by atoms with Gasteiger partial charge in [0.15, 0.2) is 11.5 Å². The first-order valence-corrected chi connectivity index (χ1v) is 8.06. The summed E-state index contributed by atoms with van der Waals surface area (Å²) in [6.45, 7) is 8.54. The van der Waals surface area contributed by atoms with Gasteiger partial charge in [-0.3, -0.25) is 0 Å². The van der Waals surface area contributed by atoms with Crippen molar-refractivity contribution < 1.29 is 9.47 Å². The highest BCUT2D eigenvalue weighted by molar-refractivity contribution is 5.43. The Morgan fingerprint density at radius 3 is 2.67 bits per heavy atom. The monoisotopic (exact) mass is 292 g/mol. The standard InChI is InChI=1S/C17H28N2O2/c1-3-21-17-14-15(7-8-16(17)20-2)6-4-5-11-19-12-9-18-10-13-19/h7-8,14,18H,3-6,9-13H2,1-2H3. The first kappa shape index (κ1) is 16.1. The maximum Gasteiger partial charge on any atom is 0.161 e. The zero-order valence-electron chi connectivity index (χ0n) is 13.4. The van der Waals surface area contributed by atoms with Crippen molar-refractivity contribution in [3.8, 4) is 11.5 Å². The third-order valence-electron chi connectivity index (χ3n) is 3.93. The third-order valence-corrected chi connectivity index (χ3v) is 3.93. The summed E-state index contributed by atoms with van der Waals surface area (Å²) in [7, 11) is 1.69. The van der Waals surface area contributed by atoms with Gasteiger partial charge in [0.05, 0.1) is 13.7 Å². The number of aryl methyl sites for hydroxylation is 1. The Morgan fingerprint density at radius 2 is 1.95 bits per heavy atom. The summed E-state index contributed by atoms with van der Waals surface area (Å²) in [4.78, 5) is 2.55. The predicted molar refractivity (Wildman–Crippen MR) is 86.4 cm³/mol. The molecule has 4 heteroatoms. The van der Waals surface area contributed by atoms with Gasteiger partial charge in [-0.1, -0.05) is 6.07 Å². The Hall–Kier alpha value is -1.26. The summed E-state index contributed by atoms with van der Waals surface area (Å²) in [6.07, 6.45) is 3.59. The van der Waals surface area contributed by atoms with Crippen LogP contribution in [0.25, 0.3) is 0 Å². The van der Waals surface area contributed by atoms with Gasteiger partial charge in [-0.15, -0.1) is 0 Å². The first-order valence-electron chi connectivity index (χ1n) is 8.06. The molecule has 1 N–H and O–H groups in total. The van der Waals surface area contributed by atoms with E-state index in [1.807, 2.05) is 13.0 Å². The molecule has 0 radical (unpaired) electrons. The lowest BCUT2D eigenvalue weighted by atomic mass is 10.1. The number of nitrogens with one attached hydrogen (secondary N) is 1. The highest BCUT2D eigenvalue weighted by Crippen LogP contribution is 2.28. The number of methoxy groups -OCH3 is 1. The number of hydrogen-bond donors (Lipinski definition) is 1. The second kappa shape index (κ2) is 8.90. The van der Waals surface area contributed by atoms with Crippen molar-refractivity contribution in [2.45, 2.75) is 26.2 Å². The molecular formula is C17H28N2O2. The lowest BCUT2D eigenvalue weighted by Crippen LogP contribution is -2.43. The van der Waals surface area contributed by atoms with Gasteiger partial charge >= 0.3 is 0 Å². The molecule has 1 aliphatic rings. The van der Waals surface area contributed by atoms with Crippen LogP contribution in [0.5, 0.6) is 11.5 Å². The SMILES string of the molecule is CCOc1cc(CCCCN2CCNCC2)ccc1OC. The van der Waals surface area contributed by atoms with E-state index >= 15 is 0 Å². The molecule has 0 spiro atoms. The van der Waals surface area contributed by atoms with E-state index in [0.29, 0.717) is 6.61 Å². The molecule has 0 bridgehead atoms. The molecule has 4 nitrogen and oxygen atoms in total. The molecule has 1 saturated heterocycles. The van der Waals surface area contributed by atoms with Crippen molar-refractivity contribution in [2.24, 2.45) is 0 Å². The molecule has 1 fully saturated rings. The normalized spacial score (nSPS) is 15.9. The lowest BCUT2D eigenvalue weighted by molar-refractivity contribution is 0.237. The number of ether oxygens (including phenoxy) is 2. The van der Waals surface area contributed by atoms with E-state index in [1.165, 1.54) is 38.0 Å².